The van der Waals surface area contributed by atoms with Gasteiger partial charge >= 0.3 is 73.7 Å². The van der Waals surface area contributed by atoms with Crippen molar-refractivity contribution in [1.29, 1.82) is 0 Å². The number of furan rings is 1. The van der Waals surface area contributed by atoms with Gasteiger partial charge in [0.15, 0.2) is 0 Å². The molecule has 10 heavy (non-hydrogen) atoms. The Morgan fingerprint density at radius 3 is 3.00 bits per heavy atom. The van der Waals surface area contributed by atoms with E-state index in [9.17, 15) is 4.79 Å². The Kier molecular flexibility index (Phi) is 2.82. The number of hydrogen-bond acceptors (Lipinski definition) is 2. The molecule has 2 nitrogen and oxygen atoms in total. The quantitative estimate of drug-likeness (QED) is 0.608. The van der Waals surface area contributed by atoms with Crippen molar-refractivity contribution >= 4 is 5.78 Å². The number of hydrogen-bond donors (Lipinski definition) is 0. The molecule has 0 radical (unpaired) electrons. The van der Waals surface area contributed by atoms with E-state index in [1.54, 1.807) is 15.9 Å². The molecule has 3 heteroatoms. The Bertz CT molecular complexity index is 236. The van der Waals surface area contributed by atoms with Crippen LogP contribution in [0.1, 0.15) is 10.6 Å². The van der Waals surface area contributed by atoms with Gasteiger partial charge in [0.05, 0.1) is 0 Å². The summed E-state index contributed by atoms with van der Waals surface area (Å²) in [5.41, 5.74) is 0. The van der Waals surface area contributed by atoms with Crippen molar-refractivity contribution in [1.82, 2.24) is 0 Å². The summed E-state index contributed by atoms with van der Waals surface area (Å²) in [6.45, 7) is 0. The monoisotopic (exact) mass is 331 g/mol. The summed E-state index contributed by atoms with van der Waals surface area (Å²) in [5, 5.41) is 0. The second kappa shape index (κ2) is 3.67. The average Bonchev–Trinajstić information content (AvgIpc) is 2.38. The van der Waals surface area contributed by atoms with Crippen LogP contribution in [0.4, 0.5) is 0 Å². The van der Waals surface area contributed by atoms with E-state index in [1.807, 2.05) is 0 Å². The van der Waals surface area contributed by atoms with Crippen LogP contribution < -0.4 is 0 Å². The van der Waals surface area contributed by atoms with Crippen molar-refractivity contribution in [2.45, 2.75) is 0 Å². The second-order valence-electron chi connectivity index (χ2n) is 1.63. The van der Waals surface area contributed by atoms with Crippen LogP contribution in [0.3, 0.4) is 0 Å². The van der Waals surface area contributed by atoms with Gasteiger partial charge in [0.1, 0.15) is 0 Å². The summed E-state index contributed by atoms with van der Waals surface area (Å²) in [4.78, 5) is 10.9. The molecule has 1 aromatic rings. The Morgan fingerprint density at radius 2 is 2.50 bits per heavy atom. The first-order valence-electron chi connectivity index (χ1n) is 2.69. The SMILES string of the molecule is O=C(/C=C/[At])c1ccco1. The van der Waals surface area contributed by atoms with E-state index < -0.39 is 0 Å². The van der Waals surface area contributed by atoms with E-state index in [2.05, 4.69) is 0 Å². The molecular formula is C7H5AtO2. The van der Waals surface area contributed by atoms with Crippen molar-refractivity contribution in [3.05, 3.63) is 34.0 Å². The van der Waals surface area contributed by atoms with Gasteiger partial charge in [0, 0.05) is 0 Å². The van der Waals surface area contributed by atoms with Gasteiger partial charge in [-0.05, 0) is 0 Å². The van der Waals surface area contributed by atoms with Gasteiger partial charge < -0.3 is 0 Å². The van der Waals surface area contributed by atoms with Crippen LogP contribution in [0.25, 0.3) is 0 Å². The van der Waals surface area contributed by atoms with Crippen LogP contribution in [-0.2, 0) is 0 Å². The third-order valence-corrected chi connectivity index (χ3v) is 1.47. The Morgan fingerprint density at radius 1 is 1.70 bits per heavy atom. The molecule has 1 rings (SSSR count). The van der Waals surface area contributed by atoms with Crippen LogP contribution in [0.15, 0.2) is 32.7 Å². The first-order valence-corrected chi connectivity index (χ1v) is 4.39. The summed E-state index contributed by atoms with van der Waals surface area (Å²) in [6, 6.07) is 3.34. The van der Waals surface area contributed by atoms with Crippen LogP contribution in [0, 0.1) is 24.7 Å². The fraction of sp³-hybridized carbons (Fsp3) is 0. The summed E-state index contributed by atoms with van der Waals surface area (Å²) in [7, 11) is 0. The van der Waals surface area contributed by atoms with Gasteiger partial charge in [-0.15, -0.1) is 0 Å². The zero-order valence-corrected chi connectivity index (χ0v) is 8.02. The normalized spacial score (nSPS) is 10.5. The molecule has 52 valence electrons. The predicted octanol–water partition coefficient (Wildman–Crippen LogP) is 1.53. The van der Waals surface area contributed by atoms with E-state index in [-0.39, 0.29) is 5.78 Å². The molecule has 1 aromatic heterocycles. The van der Waals surface area contributed by atoms with E-state index >= 15 is 0 Å². The molecular weight excluding hydrogens is 326 g/mol. The fourth-order valence-corrected chi connectivity index (χ4v) is 1.00. The van der Waals surface area contributed by atoms with Gasteiger partial charge in [-0.3, -0.25) is 0 Å². The second-order valence-corrected chi connectivity index (χ2v) is 2.61. The van der Waals surface area contributed by atoms with E-state index in [0.717, 1.165) is 0 Å². The summed E-state index contributed by atoms with van der Waals surface area (Å²) in [6.07, 6.45) is 2.98. The minimum absolute atomic E-state index is 0.0764. The van der Waals surface area contributed by atoms with Crippen molar-refractivity contribution in [3.63, 3.8) is 0 Å². The third-order valence-electron chi connectivity index (χ3n) is 0.978. The van der Waals surface area contributed by atoms with Gasteiger partial charge in [0.25, 0.3) is 0 Å². The van der Waals surface area contributed by atoms with Crippen molar-refractivity contribution in [2.75, 3.05) is 0 Å². The number of carbonyl (C=O) groups is 1. The molecule has 0 unspecified atom stereocenters. The van der Waals surface area contributed by atoms with Gasteiger partial charge in [-0.25, -0.2) is 0 Å². The van der Waals surface area contributed by atoms with Crippen LogP contribution in [0.2, 0.25) is 0 Å². The van der Waals surface area contributed by atoms with Gasteiger partial charge in [0.2, 0.25) is 0 Å². The number of ketones is 1. The molecule has 0 N–H and O–H groups in total. The fourth-order valence-electron chi connectivity index (χ4n) is 0.558. The van der Waals surface area contributed by atoms with Crippen molar-refractivity contribution in [2.24, 2.45) is 0 Å². The van der Waals surface area contributed by atoms with Crippen molar-refractivity contribution < 1.29 is 33.9 Å². The van der Waals surface area contributed by atoms with Gasteiger partial charge in [-0.1, -0.05) is 0 Å². The molecule has 0 amide bonds. The summed E-state index contributed by atoms with van der Waals surface area (Å²) < 4.78 is 6.59. The summed E-state index contributed by atoms with van der Waals surface area (Å²) in [5.74, 6) is 0.320. The topological polar surface area (TPSA) is 30.2 Å². The average molecular weight is 331 g/mol. The maximum atomic E-state index is 10.9. The number of rotatable bonds is 2. The number of allylic oxidation sites excluding steroid dienone is 1. The van der Waals surface area contributed by atoms with Crippen molar-refractivity contribution in [3.8, 4) is 0 Å². The first kappa shape index (κ1) is 7.68. The van der Waals surface area contributed by atoms with Crippen LogP contribution in [0.5, 0.6) is 0 Å². The predicted molar refractivity (Wildman–Crippen MR) is 32.2 cm³/mol. The minimum atomic E-state index is -0.0764. The van der Waals surface area contributed by atoms with E-state index in [0.29, 0.717) is 5.76 Å². The summed E-state index contributed by atoms with van der Waals surface area (Å²) >= 11 is 1.44. The molecule has 0 spiro atoms. The Labute approximate surface area is 73.8 Å². The molecule has 0 saturated heterocycles. The molecule has 0 atom stereocenters. The van der Waals surface area contributed by atoms with Crippen LogP contribution >= 0.6 is 0 Å². The molecule has 0 bridgehead atoms. The van der Waals surface area contributed by atoms with E-state index in [1.165, 1.54) is 37.1 Å². The van der Waals surface area contributed by atoms with Gasteiger partial charge in [-0.2, -0.15) is 0 Å². The molecule has 0 aliphatic heterocycles. The standard InChI is InChI=1S/C7H5AtO2/c8-4-3-6(9)7-2-1-5-10-7/h1-5H/b4-3+. The number of carbonyl (C=O) groups excluding carboxylic acids is 1. The molecule has 1 heterocycles. The zero-order valence-electron chi connectivity index (χ0n) is 5.08. The molecule has 0 aliphatic rings. The first-order chi connectivity index (χ1) is 4.84. The Balaban J connectivity index is 2.78. The van der Waals surface area contributed by atoms with E-state index in [4.69, 9.17) is 4.42 Å². The van der Waals surface area contributed by atoms with Crippen LogP contribution in [-0.4, -0.2) is 5.78 Å². The molecule has 0 aliphatic carbocycles. The molecule has 0 saturated carbocycles. The third kappa shape index (κ3) is 1.78. The maximum absolute atomic E-state index is 10.9. The Hall–Kier alpha value is -0.427. The molecule has 0 aromatic carbocycles. The molecule has 0 fully saturated rings. The zero-order chi connectivity index (χ0) is 7.40.